The summed E-state index contributed by atoms with van der Waals surface area (Å²) >= 11 is -0.226. The molecule has 1 fully saturated rings. The summed E-state index contributed by atoms with van der Waals surface area (Å²) in [6.07, 6.45) is 4.52. The van der Waals surface area contributed by atoms with E-state index in [1.807, 2.05) is 4.90 Å². The van der Waals surface area contributed by atoms with Gasteiger partial charge in [0.25, 0.3) is 0 Å². The fourth-order valence-corrected chi connectivity index (χ4v) is 3.44. The van der Waals surface area contributed by atoms with Gasteiger partial charge in [0.15, 0.2) is 0 Å². The van der Waals surface area contributed by atoms with Crippen molar-refractivity contribution in [3.05, 3.63) is 42.7 Å². The lowest BCUT2D eigenvalue weighted by molar-refractivity contribution is -0.120. The Morgan fingerprint density at radius 2 is 1.77 bits per heavy atom. The van der Waals surface area contributed by atoms with Gasteiger partial charge in [-0.25, -0.2) is 9.97 Å². The predicted molar refractivity (Wildman–Crippen MR) is 94.0 cm³/mol. The summed E-state index contributed by atoms with van der Waals surface area (Å²) in [4.78, 5) is 22.8. The van der Waals surface area contributed by atoms with Crippen LogP contribution in [0.15, 0.2) is 47.6 Å². The topological polar surface area (TPSA) is 58.1 Å². The van der Waals surface area contributed by atoms with Crippen molar-refractivity contribution in [1.82, 2.24) is 9.97 Å². The highest BCUT2D eigenvalue weighted by atomic mass is 32.2. The number of nitrogens with zero attached hydrogens (tertiary/aromatic N) is 3. The van der Waals surface area contributed by atoms with Crippen LogP contribution in [0, 0.1) is 5.92 Å². The summed E-state index contributed by atoms with van der Waals surface area (Å²) in [7, 11) is 0. The van der Waals surface area contributed by atoms with Crippen LogP contribution >= 0.6 is 11.8 Å². The van der Waals surface area contributed by atoms with E-state index in [9.17, 15) is 18.0 Å². The Hall–Kier alpha value is -2.29. The maximum Gasteiger partial charge on any atom is 0.446 e. The number of thioether (sulfide) groups is 1. The van der Waals surface area contributed by atoms with Gasteiger partial charge in [-0.1, -0.05) is 12.1 Å². The molecular weight excluding hydrogens is 365 g/mol. The molecule has 0 unspecified atom stereocenters. The molecule has 0 atom stereocenters. The van der Waals surface area contributed by atoms with E-state index in [0.717, 1.165) is 0 Å². The summed E-state index contributed by atoms with van der Waals surface area (Å²) in [6.45, 7) is 1.25. The van der Waals surface area contributed by atoms with Crippen LogP contribution in [0.4, 0.5) is 24.8 Å². The first kappa shape index (κ1) is 18.5. The average molecular weight is 382 g/mol. The number of piperidine rings is 1. The van der Waals surface area contributed by atoms with Crippen LogP contribution in [0.25, 0.3) is 0 Å². The monoisotopic (exact) mass is 382 g/mol. The highest BCUT2D eigenvalue weighted by Gasteiger charge is 2.31. The fourth-order valence-electron chi connectivity index (χ4n) is 2.81. The second-order valence-corrected chi connectivity index (χ2v) is 6.95. The quantitative estimate of drug-likeness (QED) is 0.812. The van der Waals surface area contributed by atoms with Crippen LogP contribution in [-0.2, 0) is 4.79 Å². The molecule has 26 heavy (non-hydrogen) atoms. The highest BCUT2D eigenvalue weighted by molar-refractivity contribution is 8.00. The average Bonchev–Trinajstić information content (AvgIpc) is 2.63. The molecule has 0 radical (unpaired) electrons. The number of anilines is 2. The van der Waals surface area contributed by atoms with Crippen molar-refractivity contribution in [2.75, 3.05) is 23.3 Å². The Morgan fingerprint density at radius 1 is 1.12 bits per heavy atom. The number of carbonyl (C=O) groups is 1. The van der Waals surface area contributed by atoms with Crippen LogP contribution < -0.4 is 10.2 Å². The van der Waals surface area contributed by atoms with Gasteiger partial charge < -0.3 is 10.2 Å². The number of benzene rings is 1. The van der Waals surface area contributed by atoms with Crippen molar-refractivity contribution in [3.63, 3.8) is 0 Å². The first-order valence-electron chi connectivity index (χ1n) is 8.10. The Bertz CT molecular complexity index is 749. The van der Waals surface area contributed by atoms with E-state index in [1.54, 1.807) is 24.5 Å². The molecule has 2 aromatic rings. The van der Waals surface area contributed by atoms with Crippen molar-refractivity contribution in [2.24, 2.45) is 5.92 Å². The molecule has 1 aliphatic heterocycles. The maximum absolute atomic E-state index is 12.7. The van der Waals surface area contributed by atoms with Gasteiger partial charge in [0.2, 0.25) is 11.9 Å². The number of para-hydroxylation sites is 1. The molecule has 1 aromatic heterocycles. The van der Waals surface area contributed by atoms with Crippen LogP contribution in [0.2, 0.25) is 0 Å². The van der Waals surface area contributed by atoms with Crippen molar-refractivity contribution in [1.29, 1.82) is 0 Å². The molecule has 1 aliphatic rings. The van der Waals surface area contributed by atoms with Crippen LogP contribution in [0.3, 0.4) is 0 Å². The minimum Gasteiger partial charge on any atom is -0.341 e. The van der Waals surface area contributed by atoms with Gasteiger partial charge in [-0.2, -0.15) is 13.2 Å². The van der Waals surface area contributed by atoms with Crippen LogP contribution in [-0.4, -0.2) is 34.5 Å². The summed E-state index contributed by atoms with van der Waals surface area (Å²) < 4.78 is 38.0. The van der Waals surface area contributed by atoms with Gasteiger partial charge in [0, 0.05) is 36.3 Å². The number of halogens is 3. The second-order valence-electron chi connectivity index (χ2n) is 5.84. The van der Waals surface area contributed by atoms with Crippen molar-refractivity contribution >= 4 is 29.3 Å². The molecule has 5 nitrogen and oxygen atoms in total. The normalized spacial score (nSPS) is 15.7. The zero-order valence-corrected chi connectivity index (χ0v) is 14.6. The second kappa shape index (κ2) is 7.94. The zero-order chi connectivity index (χ0) is 18.6. The molecule has 0 bridgehead atoms. The fraction of sp³-hybridized carbons (Fsp3) is 0.353. The van der Waals surface area contributed by atoms with Crippen molar-refractivity contribution in [2.45, 2.75) is 23.2 Å². The number of alkyl halides is 3. The smallest absolute Gasteiger partial charge is 0.341 e. The lowest BCUT2D eigenvalue weighted by Gasteiger charge is -2.31. The highest BCUT2D eigenvalue weighted by Crippen LogP contribution is 2.40. The minimum absolute atomic E-state index is 0.0107. The SMILES string of the molecule is O=C(Nc1ccccc1SC(F)(F)F)C1CCN(c2ncccn2)CC1. The first-order valence-corrected chi connectivity index (χ1v) is 8.91. The van der Waals surface area contributed by atoms with E-state index in [0.29, 0.717) is 31.9 Å². The number of hydrogen-bond acceptors (Lipinski definition) is 5. The molecule has 1 amide bonds. The van der Waals surface area contributed by atoms with Crippen molar-refractivity contribution in [3.8, 4) is 0 Å². The van der Waals surface area contributed by atoms with Gasteiger partial charge in [-0.05, 0) is 42.8 Å². The third-order valence-corrected chi connectivity index (χ3v) is 4.88. The lowest BCUT2D eigenvalue weighted by atomic mass is 9.96. The number of carbonyl (C=O) groups excluding carboxylic acids is 1. The van der Waals surface area contributed by atoms with E-state index < -0.39 is 5.51 Å². The van der Waals surface area contributed by atoms with Crippen molar-refractivity contribution < 1.29 is 18.0 Å². The van der Waals surface area contributed by atoms with Gasteiger partial charge in [-0.15, -0.1) is 0 Å². The van der Waals surface area contributed by atoms with Gasteiger partial charge >= 0.3 is 5.51 Å². The van der Waals surface area contributed by atoms with Gasteiger partial charge in [0.05, 0.1) is 5.69 Å². The molecule has 0 spiro atoms. The van der Waals surface area contributed by atoms with E-state index in [2.05, 4.69) is 15.3 Å². The summed E-state index contributed by atoms with van der Waals surface area (Å²) in [5, 5.41) is 2.65. The number of amides is 1. The number of hydrogen-bond donors (Lipinski definition) is 1. The minimum atomic E-state index is -4.40. The predicted octanol–water partition coefficient (Wildman–Crippen LogP) is 3.94. The summed E-state index contributed by atoms with van der Waals surface area (Å²) in [5.74, 6) is 0.117. The molecule has 1 aromatic carbocycles. The zero-order valence-electron chi connectivity index (χ0n) is 13.7. The van der Waals surface area contributed by atoms with Gasteiger partial charge in [0.1, 0.15) is 0 Å². The molecule has 9 heteroatoms. The first-order chi connectivity index (χ1) is 12.4. The summed E-state index contributed by atoms with van der Waals surface area (Å²) in [5.41, 5.74) is -4.21. The summed E-state index contributed by atoms with van der Waals surface area (Å²) in [6, 6.07) is 7.69. The molecule has 0 saturated carbocycles. The molecule has 3 rings (SSSR count). The van der Waals surface area contributed by atoms with E-state index in [1.165, 1.54) is 18.2 Å². The van der Waals surface area contributed by atoms with Crippen LogP contribution in [0.5, 0.6) is 0 Å². The number of rotatable bonds is 4. The third-order valence-electron chi connectivity index (χ3n) is 4.07. The maximum atomic E-state index is 12.7. The van der Waals surface area contributed by atoms with Gasteiger partial charge in [-0.3, -0.25) is 4.79 Å². The Kier molecular flexibility index (Phi) is 5.65. The van der Waals surface area contributed by atoms with E-state index in [4.69, 9.17) is 0 Å². The number of nitrogens with one attached hydrogen (secondary N) is 1. The van der Waals surface area contributed by atoms with Crippen LogP contribution in [0.1, 0.15) is 12.8 Å². The lowest BCUT2D eigenvalue weighted by Crippen LogP contribution is -2.39. The molecular formula is C17H17F3N4OS. The Morgan fingerprint density at radius 3 is 2.42 bits per heavy atom. The Labute approximate surface area is 153 Å². The molecule has 2 heterocycles. The molecule has 0 aliphatic carbocycles. The third kappa shape index (κ3) is 4.87. The number of aromatic nitrogens is 2. The van der Waals surface area contributed by atoms with E-state index in [-0.39, 0.29) is 34.2 Å². The standard InChI is InChI=1S/C17H17F3N4OS/c18-17(19,20)26-14-5-2-1-4-13(14)23-15(25)12-6-10-24(11-7-12)16-21-8-3-9-22-16/h1-5,8-9,12H,6-7,10-11H2,(H,23,25). The van der Waals surface area contributed by atoms with E-state index >= 15 is 0 Å². The largest absolute Gasteiger partial charge is 0.446 e. The Balaban J connectivity index is 1.60. The molecule has 138 valence electrons. The molecule has 1 N–H and O–H groups in total. The molecule has 1 saturated heterocycles.